The van der Waals surface area contributed by atoms with E-state index in [1.165, 1.54) is 0 Å². The molecule has 0 aliphatic carbocycles. The molecular weight excluding hydrogens is 269 g/mol. The van der Waals surface area contributed by atoms with Gasteiger partial charge in [0, 0.05) is 0 Å². The molecular formula is C2H4F2Pb. The van der Waals surface area contributed by atoms with Gasteiger partial charge < -0.3 is 0 Å². The standard InChI is InChI=1S/C2H2F2.Pb.2H/c1-2(3)4;;;/h1H2;;;. The van der Waals surface area contributed by atoms with Gasteiger partial charge in [-0.25, -0.2) is 0 Å². The van der Waals surface area contributed by atoms with E-state index >= 15 is 0 Å². The van der Waals surface area contributed by atoms with E-state index in [0.717, 1.165) is 0 Å². The summed E-state index contributed by atoms with van der Waals surface area (Å²) in [6, 6.07) is 0. The molecule has 0 heterocycles. The SMILES string of the molecule is C=C(F)F.[PbH2]. The van der Waals surface area contributed by atoms with Crippen LogP contribution in [-0.4, -0.2) is 27.3 Å². The Bertz CT molecular complexity index is 30.6. The van der Waals surface area contributed by atoms with Crippen LogP contribution in [0.5, 0.6) is 0 Å². The average molecular weight is 273 g/mol. The van der Waals surface area contributed by atoms with Crippen molar-refractivity contribution in [2.45, 2.75) is 0 Å². The quantitative estimate of drug-likeness (QED) is 0.563. The Balaban J connectivity index is 0. The van der Waals surface area contributed by atoms with Gasteiger partial charge in [-0.2, -0.15) is 8.78 Å². The number of hydrogen-bond donors (Lipinski definition) is 0. The molecule has 30 valence electrons. The van der Waals surface area contributed by atoms with Crippen LogP contribution in [0.4, 0.5) is 8.78 Å². The van der Waals surface area contributed by atoms with Gasteiger partial charge in [0.2, 0.25) is 0 Å². The van der Waals surface area contributed by atoms with Crippen LogP contribution < -0.4 is 0 Å². The molecule has 0 nitrogen and oxygen atoms in total. The molecule has 0 bridgehead atoms. The van der Waals surface area contributed by atoms with Crippen LogP contribution in [0.25, 0.3) is 0 Å². The van der Waals surface area contributed by atoms with Crippen molar-refractivity contribution < 1.29 is 8.78 Å². The molecule has 0 spiro atoms. The van der Waals surface area contributed by atoms with Crippen molar-refractivity contribution in [2.75, 3.05) is 0 Å². The number of halogens is 2. The molecule has 0 rings (SSSR count). The van der Waals surface area contributed by atoms with Crippen LogP contribution >= 0.6 is 0 Å². The van der Waals surface area contributed by atoms with E-state index in [1.54, 1.807) is 0 Å². The molecule has 0 unspecified atom stereocenters. The topological polar surface area (TPSA) is 0 Å². The second-order valence-corrected chi connectivity index (χ2v) is 0.339. The monoisotopic (exact) mass is 274 g/mol. The molecule has 2 radical (unpaired) electrons. The first-order chi connectivity index (χ1) is 1.73. The Labute approximate surface area is 49.0 Å². The third-order valence-corrected chi connectivity index (χ3v) is 0. The van der Waals surface area contributed by atoms with Crippen LogP contribution in [-0.2, 0) is 0 Å². The molecule has 0 aromatic carbocycles. The van der Waals surface area contributed by atoms with E-state index in [-0.39, 0.29) is 27.3 Å². The third kappa shape index (κ3) is 106. The van der Waals surface area contributed by atoms with Crippen molar-refractivity contribution in [3.63, 3.8) is 0 Å². The van der Waals surface area contributed by atoms with Crippen LogP contribution in [0.15, 0.2) is 12.7 Å². The van der Waals surface area contributed by atoms with E-state index in [1.807, 2.05) is 0 Å². The van der Waals surface area contributed by atoms with E-state index < -0.39 is 6.08 Å². The zero-order valence-corrected chi connectivity index (χ0v) is 8.17. The summed E-state index contributed by atoms with van der Waals surface area (Å²) in [5, 5.41) is 0. The molecule has 0 saturated heterocycles. The first-order valence-corrected chi connectivity index (χ1v) is 0.732. The van der Waals surface area contributed by atoms with Gasteiger partial charge in [0.05, 0.1) is 0 Å². The first-order valence-electron chi connectivity index (χ1n) is 0.732. The maximum absolute atomic E-state index is 10.1. The van der Waals surface area contributed by atoms with E-state index in [0.29, 0.717) is 0 Å². The van der Waals surface area contributed by atoms with Crippen LogP contribution in [0.2, 0.25) is 0 Å². The zero-order valence-electron chi connectivity index (χ0n) is 2.67. The van der Waals surface area contributed by atoms with Crippen LogP contribution in [0.1, 0.15) is 0 Å². The summed E-state index contributed by atoms with van der Waals surface area (Å²) < 4.78 is 20.3. The molecule has 0 N–H and O–H groups in total. The normalized spacial score (nSPS) is 5.20. The van der Waals surface area contributed by atoms with Crippen molar-refractivity contribution in [2.24, 2.45) is 0 Å². The summed E-state index contributed by atoms with van der Waals surface area (Å²) in [6.45, 7) is 2.22. The summed E-state index contributed by atoms with van der Waals surface area (Å²) in [6.07, 6.45) is -1.83. The predicted octanol–water partition coefficient (Wildman–Crippen LogP) is 0.480. The van der Waals surface area contributed by atoms with E-state index in [2.05, 4.69) is 6.58 Å². The molecule has 0 fully saturated rings. The Kier molecular flexibility index (Phi) is 8.23. The Morgan fingerprint density at radius 1 is 1.40 bits per heavy atom. The van der Waals surface area contributed by atoms with Gasteiger partial charge >= 0.3 is 27.3 Å². The van der Waals surface area contributed by atoms with Gasteiger partial charge in [0.25, 0.3) is 6.08 Å². The second-order valence-electron chi connectivity index (χ2n) is 0.339. The average Bonchev–Trinajstić information content (AvgIpc) is 0.811. The van der Waals surface area contributed by atoms with Gasteiger partial charge in [0.15, 0.2) is 0 Å². The van der Waals surface area contributed by atoms with Crippen LogP contribution in [0.3, 0.4) is 0 Å². The maximum atomic E-state index is 10.1. The van der Waals surface area contributed by atoms with Gasteiger partial charge in [-0.3, -0.25) is 0 Å². The molecule has 0 atom stereocenters. The molecule has 0 aromatic rings. The Hall–Kier alpha value is 0.522. The third-order valence-electron chi connectivity index (χ3n) is 0. The van der Waals surface area contributed by atoms with Gasteiger partial charge in [-0.15, -0.1) is 0 Å². The van der Waals surface area contributed by atoms with Crippen molar-refractivity contribution in [3.8, 4) is 0 Å². The summed E-state index contributed by atoms with van der Waals surface area (Å²) in [4.78, 5) is 0. The fourth-order valence-corrected chi connectivity index (χ4v) is 0. The van der Waals surface area contributed by atoms with Gasteiger partial charge in [0.1, 0.15) is 0 Å². The van der Waals surface area contributed by atoms with Crippen molar-refractivity contribution in [1.29, 1.82) is 0 Å². The van der Waals surface area contributed by atoms with Crippen molar-refractivity contribution in [1.82, 2.24) is 0 Å². The van der Waals surface area contributed by atoms with E-state index in [4.69, 9.17) is 0 Å². The second kappa shape index (κ2) is 4.52. The Morgan fingerprint density at radius 2 is 1.40 bits per heavy atom. The molecule has 0 aromatic heterocycles. The minimum absolute atomic E-state index is 0. The Morgan fingerprint density at radius 3 is 1.40 bits per heavy atom. The fourth-order valence-electron chi connectivity index (χ4n) is 0. The summed E-state index contributed by atoms with van der Waals surface area (Å²) >= 11 is 0. The number of rotatable bonds is 0. The molecule has 0 aliphatic rings. The molecule has 0 aliphatic heterocycles. The van der Waals surface area contributed by atoms with Gasteiger partial charge in [-0.05, 0) is 6.58 Å². The first kappa shape index (κ1) is 9.10. The minimum atomic E-state index is -1.83. The van der Waals surface area contributed by atoms with Crippen LogP contribution in [0, 0.1) is 0 Å². The number of hydrogen-bond acceptors (Lipinski definition) is 0. The summed E-state index contributed by atoms with van der Waals surface area (Å²) in [5.74, 6) is 0. The van der Waals surface area contributed by atoms with E-state index in [9.17, 15) is 8.78 Å². The molecule has 3 heteroatoms. The molecule has 0 saturated carbocycles. The molecule has 5 heavy (non-hydrogen) atoms. The predicted molar refractivity (Wildman–Crippen MR) is 19.9 cm³/mol. The molecule has 0 amide bonds. The van der Waals surface area contributed by atoms with Gasteiger partial charge in [-0.1, -0.05) is 0 Å². The zero-order chi connectivity index (χ0) is 3.58. The summed E-state index contributed by atoms with van der Waals surface area (Å²) in [7, 11) is 0. The summed E-state index contributed by atoms with van der Waals surface area (Å²) in [5.41, 5.74) is 0. The fraction of sp³-hybridized carbons (Fsp3) is 0. The van der Waals surface area contributed by atoms with Crippen molar-refractivity contribution >= 4 is 27.3 Å². The van der Waals surface area contributed by atoms with Crippen molar-refractivity contribution in [3.05, 3.63) is 12.7 Å².